The Balaban J connectivity index is 1.53. The molecule has 2 heterocycles. The summed E-state index contributed by atoms with van der Waals surface area (Å²) in [6, 6.07) is 7.20. The number of esters is 1. The van der Waals surface area contributed by atoms with Crippen LogP contribution in [0.4, 0.5) is 8.78 Å². The van der Waals surface area contributed by atoms with Crippen LogP contribution < -0.4 is 10.1 Å². The first kappa shape index (κ1) is 20.0. The Morgan fingerprint density at radius 3 is 2.70 bits per heavy atom. The lowest BCUT2D eigenvalue weighted by atomic mass is 9.87. The monoisotopic (exact) mass is 382 g/mol. The number of carbonyl (C=O) groups excluding carboxylic acids is 1. The summed E-state index contributed by atoms with van der Waals surface area (Å²) in [5.41, 5.74) is 0.109. The molecule has 0 aliphatic carbocycles. The zero-order chi connectivity index (χ0) is 19.7. The number of hydrogen-bond acceptors (Lipinski definition) is 5. The number of piperidine rings is 1. The van der Waals surface area contributed by atoms with E-state index in [0.29, 0.717) is 26.1 Å². The van der Waals surface area contributed by atoms with Gasteiger partial charge in [-0.25, -0.2) is 8.78 Å². The Morgan fingerprint density at radius 1 is 1.33 bits per heavy atom. The highest BCUT2D eigenvalue weighted by atomic mass is 19.3. The predicted octanol–water partition coefficient (Wildman–Crippen LogP) is 2.69. The molecule has 3 rings (SSSR count). The predicted molar refractivity (Wildman–Crippen MR) is 97.9 cm³/mol. The largest absolute Gasteiger partial charge is 0.497 e. The van der Waals surface area contributed by atoms with Crippen LogP contribution in [-0.2, 0) is 16.1 Å². The molecule has 0 saturated carbocycles. The van der Waals surface area contributed by atoms with Gasteiger partial charge in [0.15, 0.2) is 0 Å². The number of nitrogens with one attached hydrogen (secondary N) is 1. The molecule has 0 spiro atoms. The summed E-state index contributed by atoms with van der Waals surface area (Å²) in [7, 11) is 1.60. The number of hydrogen-bond donors (Lipinski definition) is 1. The molecule has 0 unspecified atom stereocenters. The highest BCUT2D eigenvalue weighted by Crippen LogP contribution is 2.37. The molecule has 0 amide bonds. The fraction of sp³-hybridized carbons (Fsp3) is 0.650. The minimum absolute atomic E-state index is 0.124. The van der Waals surface area contributed by atoms with Crippen LogP contribution >= 0.6 is 0 Å². The molecule has 1 N–H and O–H groups in total. The average Bonchev–Trinajstić information content (AvgIpc) is 2.94. The lowest BCUT2D eigenvalue weighted by Gasteiger charge is -2.39. The number of ether oxygens (including phenoxy) is 2. The average molecular weight is 382 g/mol. The number of alkyl halides is 2. The van der Waals surface area contributed by atoms with Crippen molar-refractivity contribution in [3.8, 4) is 5.75 Å². The van der Waals surface area contributed by atoms with Crippen LogP contribution in [0, 0.1) is 11.3 Å². The second-order valence-corrected chi connectivity index (χ2v) is 8.19. The van der Waals surface area contributed by atoms with Crippen LogP contribution in [0.25, 0.3) is 0 Å². The molecule has 150 valence electrons. The third-order valence-corrected chi connectivity index (χ3v) is 5.54. The minimum Gasteiger partial charge on any atom is -0.497 e. The molecule has 2 aliphatic heterocycles. The van der Waals surface area contributed by atoms with E-state index in [2.05, 4.69) is 5.32 Å². The van der Waals surface area contributed by atoms with Crippen molar-refractivity contribution in [2.24, 2.45) is 11.3 Å². The second kappa shape index (κ2) is 7.72. The van der Waals surface area contributed by atoms with Gasteiger partial charge in [0.1, 0.15) is 12.4 Å². The lowest BCUT2D eigenvalue weighted by Crippen LogP contribution is -2.51. The summed E-state index contributed by atoms with van der Waals surface area (Å²) in [4.78, 5) is 14.5. The van der Waals surface area contributed by atoms with E-state index in [1.807, 2.05) is 29.2 Å². The van der Waals surface area contributed by atoms with Crippen LogP contribution in [0.3, 0.4) is 0 Å². The van der Waals surface area contributed by atoms with Crippen LogP contribution in [-0.4, -0.2) is 56.1 Å². The summed E-state index contributed by atoms with van der Waals surface area (Å²) >= 11 is 0. The number of halogens is 2. The smallest absolute Gasteiger partial charge is 0.313 e. The summed E-state index contributed by atoms with van der Waals surface area (Å²) in [6.07, 6.45) is 0.678. The maximum atomic E-state index is 14.0. The maximum absolute atomic E-state index is 14.0. The first-order valence-electron chi connectivity index (χ1n) is 9.35. The van der Waals surface area contributed by atoms with Crippen molar-refractivity contribution in [2.45, 2.75) is 38.8 Å². The summed E-state index contributed by atoms with van der Waals surface area (Å²) in [6.45, 7) is 4.97. The molecule has 2 fully saturated rings. The molecule has 2 aliphatic rings. The van der Waals surface area contributed by atoms with Gasteiger partial charge in [-0.2, -0.15) is 0 Å². The zero-order valence-electron chi connectivity index (χ0n) is 16.1. The van der Waals surface area contributed by atoms with Gasteiger partial charge in [0.25, 0.3) is 5.92 Å². The van der Waals surface area contributed by atoms with Gasteiger partial charge in [-0.1, -0.05) is 12.1 Å². The quantitative estimate of drug-likeness (QED) is 0.767. The molecule has 0 radical (unpaired) electrons. The van der Waals surface area contributed by atoms with Crippen molar-refractivity contribution in [2.75, 3.05) is 33.3 Å². The van der Waals surface area contributed by atoms with Crippen molar-refractivity contribution in [1.29, 1.82) is 0 Å². The van der Waals surface area contributed by atoms with Crippen molar-refractivity contribution in [1.82, 2.24) is 10.2 Å². The van der Waals surface area contributed by atoms with Crippen molar-refractivity contribution in [3.63, 3.8) is 0 Å². The topological polar surface area (TPSA) is 50.8 Å². The molecule has 1 aromatic carbocycles. The van der Waals surface area contributed by atoms with E-state index in [0.717, 1.165) is 11.3 Å². The lowest BCUT2D eigenvalue weighted by molar-refractivity contribution is -0.157. The van der Waals surface area contributed by atoms with Crippen LogP contribution in [0.1, 0.15) is 25.8 Å². The van der Waals surface area contributed by atoms with Crippen LogP contribution in [0.5, 0.6) is 5.75 Å². The number of likely N-dealkylation sites (tertiary alicyclic amines) is 1. The van der Waals surface area contributed by atoms with E-state index in [1.165, 1.54) is 0 Å². The van der Waals surface area contributed by atoms with Crippen LogP contribution in [0.15, 0.2) is 24.3 Å². The second-order valence-electron chi connectivity index (χ2n) is 8.19. The van der Waals surface area contributed by atoms with Gasteiger partial charge in [0.2, 0.25) is 0 Å². The normalized spacial score (nSPS) is 25.1. The van der Waals surface area contributed by atoms with Gasteiger partial charge in [0, 0.05) is 19.1 Å². The SMILES string of the molecule is COc1ccc(COC(=O)C(C)(C)CN2CC[C@H]3NCC(F)(F)[C@H]3C2)cc1. The van der Waals surface area contributed by atoms with Gasteiger partial charge < -0.3 is 19.7 Å². The fourth-order valence-electron chi connectivity index (χ4n) is 3.92. The maximum Gasteiger partial charge on any atom is 0.313 e. The van der Waals surface area contributed by atoms with E-state index in [9.17, 15) is 13.6 Å². The standard InChI is InChI=1S/C20H28F2N2O3/c1-19(2,18(25)27-11-14-4-6-15(26-3)7-5-14)13-24-9-8-17-16(10-24)20(21,22)12-23-17/h4-7,16-17,23H,8-13H2,1-3H3/t16-,17+/m0/s1. The Labute approximate surface area is 159 Å². The van der Waals surface area contributed by atoms with Crippen LogP contribution in [0.2, 0.25) is 0 Å². The molecular weight excluding hydrogens is 354 g/mol. The van der Waals surface area contributed by atoms with E-state index in [-0.39, 0.29) is 25.2 Å². The summed E-state index contributed by atoms with van der Waals surface area (Å²) < 4.78 is 38.6. The molecule has 0 aromatic heterocycles. The molecule has 7 heteroatoms. The Kier molecular flexibility index (Phi) is 5.72. The van der Waals surface area contributed by atoms with E-state index >= 15 is 0 Å². The van der Waals surface area contributed by atoms with Crippen molar-refractivity contribution in [3.05, 3.63) is 29.8 Å². The molecule has 2 saturated heterocycles. The van der Waals surface area contributed by atoms with E-state index < -0.39 is 17.3 Å². The highest BCUT2D eigenvalue weighted by Gasteiger charge is 2.52. The number of rotatable bonds is 6. The first-order valence-corrected chi connectivity index (χ1v) is 9.35. The number of fused-ring (bicyclic) bond motifs is 1. The van der Waals surface area contributed by atoms with Crippen molar-refractivity contribution < 1.29 is 23.0 Å². The minimum atomic E-state index is -2.68. The van der Waals surface area contributed by atoms with Gasteiger partial charge in [-0.15, -0.1) is 0 Å². The highest BCUT2D eigenvalue weighted by molar-refractivity contribution is 5.76. The molecule has 5 nitrogen and oxygen atoms in total. The number of methoxy groups -OCH3 is 1. The number of nitrogens with zero attached hydrogens (tertiary/aromatic N) is 1. The van der Waals surface area contributed by atoms with Gasteiger partial charge >= 0.3 is 5.97 Å². The summed E-state index contributed by atoms with van der Waals surface area (Å²) in [5, 5.41) is 2.92. The summed E-state index contributed by atoms with van der Waals surface area (Å²) in [5.74, 6) is -2.94. The van der Waals surface area contributed by atoms with Gasteiger partial charge in [0.05, 0.1) is 25.0 Å². The molecule has 1 aromatic rings. The fourth-order valence-corrected chi connectivity index (χ4v) is 3.92. The van der Waals surface area contributed by atoms with E-state index in [4.69, 9.17) is 9.47 Å². The van der Waals surface area contributed by atoms with Gasteiger partial charge in [-0.05, 0) is 44.5 Å². The third-order valence-electron chi connectivity index (χ3n) is 5.54. The molecule has 2 atom stereocenters. The van der Waals surface area contributed by atoms with Gasteiger partial charge in [-0.3, -0.25) is 4.79 Å². The Morgan fingerprint density at radius 2 is 2.04 bits per heavy atom. The number of benzene rings is 1. The third kappa shape index (κ3) is 4.58. The Bertz CT molecular complexity index is 664. The number of carbonyl (C=O) groups is 1. The molecular formula is C20H28F2N2O3. The molecule has 27 heavy (non-hydrogen) atoms. The van der Waals surface area contributed by atoms with Crippen molar-refractivity contribution >= 4 is 5.97 Å². The zero-order valence-corrected chi connectivity index (χ0v) is 16.1. The first-order chi connectivity index (χ1) is 12.7. The molecule has 0 bridgehead atoms. The van der Waals surface area contributed by atoms with E-state index in [1.54, 1.807) is 21.0 Å². The Hall–Kier alpha value is -1.73.